The van der Waals surface area contributed by atoms with Crippen molar-refractivity contribution in [1.82, 2.24) is 14.1 Å². The molecule has 2 aromatic carbocycles. The van der Waals surface area contributed by atoms with E-state index in [1.165, 1.54) is 16.2 Å². The minimum Gasteiger partial charge on any atom is -0.318 e. The summed E-state index contributed by atoms with van der Waals surface area (Å²) < 4.78 is 3.25. The molecular formula is C30H41N3O3P12. The maximum atomic E-state index is 12.3. The van der Waals surface area contributed by atoms with Gasteiger partial charge in [-0.2, -0.15) is 0 Å². The molecule has 6 rings (SSSR count). The number of rotatable bonds is 6. The van der Waals surface area contributed by atoms with Crippen LogP contribution < -0.4 is 27.2 Å². The fourth-order valence-electron chi connectivity index (χ4n) is 5.24. The first-order chi connectivity index (χ1) is 22.9. The molecule has 254 valence electrons. The molecule has 13 atom stereocenters. The fraction of sp³-hybridized carbons (Fsp3) is 0.200. The van der Waals surface area contributed by atoms with Crippen LogP contribution in [0.1, 0.15) is 29.3 Å². The number of carbonyl (C=O) groups is 1. The molecule has 0 saturated heterocycles. The van der Waals surface area contributed by atoms with Crippen molar-refractivity contribution in [3.05, 3.63) is 105 Å². The summed E-state index contributed by atoms with van der Waals surface area (Å²) in [5, 5.41) is 6.13. The zero-order chi connectivity index (χ0) is 35.1. The van der Waals surface area contributed by atoms with Crippen molar-refractivity contribution in [1.29, 1.82) is 0 Å². The van der Waals surface area contributed by atoms with Gasteiger partial charge in [-0.25, -0.2) is 0 Å². The molecule has 1 aliphatic carbocycles. The zero-order valence-corrected chi connectivity index (χ0v) is 39.4. The number of fused-ring (bicyclic) bond motifs is 3. The van der Waals surface area contributed by atoms with Crippen LogP contribution in [0.4, 0.5) is 0 Å². The van der Waals surface area contributed by atoms with E-state index in [-0.39, 0.29) is 31.6 Å². The van der Waals surface area contributed by atoms with Crippen molar-refractivity contribution >= 4 is 143 Å². The van der Waals surface area contributed by atoms with Gasteiger partial charge in [-0.05, 0) is 79.9 Å². The Bertz CT molecular complexity index is 1940. The van der Waals surface area contributed by atoms with Crippen molar-refractivity contribution in [2.45, 2.75) is 19.8 Å². The first kappa shape index (κ1) is 41.6. The average molecular weight is 863 g/mol. The number of hydrogen-bond donors (Lipinski definition) is 0. The number of carbonyl (C=O) groups excluding carboxylic acids is 1. The van der Waals surface area contributed by atoms with E-state index in [2.05, 4.69) is 89.7 Å². The van der Waals surface area contributed by atoms with Crippen LogP contribution in [0.3, 0.4) is 0 Å². The van der Waals surface area contributed by atoms with Gasteiger partial charge in [0.15, 0.2) is 5.78 Å². The molecule has 0 fully saturated rings. The third-order valence-corrected chi connectivity index (χ3v) is 37.9. The molecule has 18 heteroatoms. The monoisotopic (exact) mass is 863 g/mol. The maximum absolute atomic E-state index is 12.3. The molecule has 1 aliphatic rings. The number of pyridine rings is 3. The van der Waals surface area contributed by atoms with Crippen LogP contribution in [0.2, 0.25) is 0 Å². The van der Waals surface area contributed by atoms with Gasteiger partial charge in [0.25, 0.3) is 11.1 Å². The van der Waals surface area contributed by atoms with Crippen LogP contribution >= 0.6 is 99.3 Å². The van der Waals surface area contributed by atoms with Crippen LogP contribution in [-0.2, 0) is 20.5 Å². The SMILES string of the molecule is CC1CCc2cccc(P(P)PP)c2C1=O.Cn1ccc2cccc(P(P)PP)c2c1=O.Cn1ccc2ccnc(P(P)PP)c2c1=O. The summed E-state index contributed by atoms with van der Waals surface area (Å²) in [5.41, 5.74) is 3.38. The van der Waals surface area contributed by atoms with Crippen LogP contribution in [0, 0.1) is 5.92 Å². The summed E-state index contributed by atoms with van der Waals surface area (Å²) in [6, 6.07) is 18.3. The highest BCUT2D eigenvalue weighted by molar-refractivity contribution is 8.64. The van der Waals surface area contributed by atoms with Gasteiger partial charge >= 0.3 is 0 Å². The Morgan fingerprint density at radius 1 is 0.729 bits per heavy atom. The minimum atomic E-state index is -0.419. The Labute approximate surface area is 304 Å². The molecule has 0 aliphatic heterocycles. The Balaban J connectivity index is 0.000000163. The summed E-state index contributed by atoms with van der Waals surface area (Å²) in [5.74, 6) is 0.560. The lowest BCUT2D eigenvalue weighted by molar-refractivity contribution is 0.0915. The van der Waals surface area contributed by atoms with Crippen molar-refractivity contribution < 1.29 is 4.79 Å². The van der Waals surface area contributed by atoms with Gasteiger partial charge in [-0.3, -0.25) is 19.4 Å². The summed E-state index contributed by atoms with van der Waals surface area (Å²) in [6.45, 7) is 2.05. The molecule has 0 spiro atoms. The summed E-state index contributed by atoms with van der Waals surface area (Å²) >= 11 is 0. The Morgan fingerprint density at radius 3 is 1.90 bits per heavy atom. The molecule has 6 nitrogen and oxygen atoms in total. The molecule has 3 aromatic heterocycles. The lowest BCUT2D eigenvalue weighted by atomic mass is 9.84. The molecule has 3 heterocycles. The van der Waals surface area contributed by atoms with Crippen molar-refractivity contribution in [3.8, 4) is 0 Å². The van der Waals surface area contributed by atoms with Gasteiger partial charge in [0.2, 0.25) is 0 Å². The van der Waals surface area contributed by atoms with Crippen LogP contribution in [0.15, 0.2) is 82.8 Å². The van der Waals surface area contributed by atoms with E-state index in [1.807, 2.05) is 36.5 Å². The van der Waals surface area contributed by atoms with E-state index in [0.29, 0.717) is 13.7 Å². The lowest BCUT2D eigenvalue weighted by Crippen LogP contribution is -2.25. The van der Waals surface area contributed by atoms with E-state index in [0.717, 1.165) is 61.3 Å². The van der Waals surface area contributed by atoms with E-state index in [4.69, 9.17) is 0 Å². The number of nitrogens with zero attached hydrogens (tertiary/aromatic N) is 3. The number of Topliss-reactive ketones (excluding diaryl/α,β-unsaturated/α-hetero) is 1. The first-order valence-electron chi connectivity index (χ1n) is 14.7. The first-order valence-corrected chi connectivity index (χ1v) is 34.5. The van der Waals surface area contributed by atoms with Crippen LogP contribution in [0.5, 0.6) is 0 Å². The van der Waals surface area contributed by atoms with Crippen molar-refractivity contribution in [2.75, 3.05) is 0 Å². The van der Waals surface area contributed by atoms with Gasteiger partial charge in [0, 0.05) is 44.2 Å². The van der Waals surface area contributed by atoms with Crippen molar-refractivity contribution in [2.24, 2.45) is 20.0 Å². The topological polar surface area (TPSA) is 74.0 Å². The van der Waals surface area contributed by atoms with E-state index in [9.17, 15) is 14.4 Å². The van der Waals surface area contributed by atoms with Gasteiger partial charge in [0.05, 0.1) is 16.2 Å². The van der Waals surface area contributed by atoms with Crippen LogP contribution in [0.25, 0.3) is 21.5 Å². The Kier molecular flexibility index (Phi) is 17.1. The summed E-state index contributed by atoms with van der Waals surface area (Å²) in [4.78, 5) is 40.8. The molecule has 0 bridgehead atoms. The second-order valence-electron chi connectivity index (χ2n) is 10.9. The fourth-order valence-corrected chi connectivity index (χ4v) is 16.1. The molecular weight excluding hydrogens is 822 g/mol. The van der Waals surface area contributed by atoms with E-state index >= 15 is 0 Å². The molecule has 0 radical (unpaired) electrons. The second kappa shape index (κ2) is 19.8. The summed E-state index contributed by atoms with van der Waals surface area (Å²) in [7, 11) is 21.8. The van der Waals surface area contributed by atoms with Gasteiger partial charge < -0.3 is 9.13 Å². The van der Waals surface area contributed by atoms with Gasteiger partial charge in [-0.15, -0.1) is 53.6 Å². The average Bonchev–Trinajstić information content (AvgIpc) is 3.11. The number of aromatic nitrogens is 3. The Morgan fingerprint density at radius 2 is 1.27 bits per heavy atom. The minimum absolute atomic E-state index is 0.0406. The van der Waals surface area contributed by atoms with Gasteiger partial charge in [0.1, 0.15) is 0 Å². The molecule has 0 amide bonds. The number of benzene rings is 2. The smallest absolute Gasteiger partial charge is 0.260 e. The second-order valence-corrected chi connectivity index (χ2v) is 38.2. The quantitative estimate of drug-likeness (QED) is 0.160. The predicted molar refractivity (Wildman–Crippen MR) is 247 cm³/mol. The Hall–Kier alpha value is 0.840. The molecule has 13 unspecified atom stereocenters. The predicted octanol–water partition coefficient (Wildman–Crippen LogP) is 8.77. The number of aryl methyl sites for hydroxylation is 3. The van der Waals surface area contributed by atoms with E-state index in [1.54, 1.807) is 35.6 Å². The standard InChI is InChI=1S/C11H16OP4.C10H13NOP4.C9H12N2OP4/c1-7-5-6-8-3-2-4-9(16(14)15-13)10(8)11(7)12;1-11-6-5-7-3-2-4-8(16(14)15-13)9(7)10(11)12;1-11-5-3-6-2-4-10-8(16(14)15-13)7(6)9(11)12/h2-4,7,15H,5-6,13-14H2,1H3;2-6,15H,13-14H2,1H3;2-5,15H,13-14H2,1H3. The third kappa shape index (κ3) is 9.87. The lowest BCUT2D eigenvalue weighted by Gasteiger charge is -2.24. The third-order valence-electron chi connectivity index (χ3n) is 7.90. The van der Waals surface area contributed by atoms with Crippen LogP contribution in [-0.4, -0.2) is 19.9 Å². The van der Waals surface area contributed by atoms with Crippen molar-refractivity contribution in [3.63, 3.8) is 0 Å². The molecule has 48 heavy (non-hydrogen) atoms. The highest BCUT2D eigenvalue weighted by Crippen LogP contribution is 2.66. The molecule has 0 N–H and O–H groups in total. The number of ketones is 1. The van der Waals surface area contributed by atoms with E-state index < -0.39 is 7.30 Å². The maximum Gasteiger partial charge on any atom is 0.260 e. The highest BCUT2D eigenvalue weighted by Gasteiger charge is 2.27. The molecule has 5 aromatic rings. The highest BCUT2D eigenvalue weighted by atomic mass is 32.6. The summed E-state index contributed by atoms with van der Waals surface area (Å²) in [6.07, 6.45) is 7.46. The normalized spacial score (nSPS) is 16.6. The van der Waals surface area contributed by atoms with Gasteiger partial charge in [-0.1, -0.05) is 67.2 Å². The largest absolute Gasteiger partial charge is 0.318 e. The zero-order valence-electron chi connectivity index (χ0n) is 26.8. The number of hydrogen-bond acceptors (Lipinski definition) is 4. The molecule has 0 saturated carbocycles.